The zero-order valence-corrected chi connectivity index (χ0v) is 10.7. The lowest BCUT2D eigenvalue weighted by Gasteiger charge is -2.07. The van der Waals surface area contributed by atoms with Crippen LogP contribution in [-0.2, 0) is 6.54 Å². The predicted octanol–water partition coefficient (Wildman–Crippen LogP) is 3.87. The van der Waals surface area contributed by atoms with Gasteiger partial charge in [0.25, 0.3) is 0 Å². The average Bonchev–Trinajstić information content (AvgIpc) is 2.92. The highest BCUT2D eigenvalue weighted by Gasteiger charge is 2.33. The van der Waals surface area contributed by atoms with Gasteiger partial charge in [-0.15, -0.1) is 0 Å². The van der Waals surface area contributed by atoms with E-state index in [0.29, 0.717) is 0 Å². The number of rotatable bonds is 3. The van der Waals surface area contributed by atoms with E-state index in [9.17, 15) is 0 Å². The van der Waals surface area contributed by atoms with E-state index in [1.54, 1.807) is 0 Å². The lowest BCUT2D eigenvalue weighted by atomic mass is 10.1. The van der Waals surface area contributed by atoms with Crippen molar-refractivity contribution in [3.8, 4) is 11.3 Å². The zero-order chi connectivity index (χ0) is 11.8. The Morgan fingerprint density at radius 3 is 2.71 bits per heavy atom. The third kappa shape index (κ3) is 2.07. The SMILES string of the molecule is CC1CC1Cn1c(-c2ccccc2)c[nH]c1=S. The molecular weight excluding hydrogens is 228 g/mol. The zero-order valence-electron chi connectivity index (χ0n) is 9.89. The average molecular weight is 244 g/mol. The summed E-state index contributed by atoms with van der Waals surface area (Å²) < 4.78 is 3.07. The summed E-state index contributed by atoms with van der Waals surface area (Å²) in [5, 5.41) is 0. The monoisotopic (exact) mass is 244 g/mol. The van der Waals surface area contributed by atoms with Gasteiger partial charge in [0, 0.05) is 12.7 Å². The van der Waals surface area contributed by atoms with Crippen LogP contribution in [0.1, 0.15) is 13.3 Å². The van der Waals surface area contributed by atoms with E-state index in [4.69, 9.17) is 12.2 Å². The first-order chi connectivity index (χ1) is 8.25. The summed E-state index contributed by atoms with van der Waals surface area (Å²) in [5.41, 5.74) is 2.43. The number of hydrogen-bond donors (Lipinski definition) is 1. The summed E-state index contributed by atoms with van der Waals surface area (Å²) in [6.07, 6.45) is 3.35. The lowest BCUT2D eigenvalue weighted by molar-refractivity contribution is 0.592. The van der Waals surface area contributed by atoms with Crippen molar-refractivity contribution in [3.05, 3.63) is 41.3 Å². The summed E-state index contributed by atoms with van der Waals surface area (Å²) in [4.78, 5) is 3.16. The number of hydrogen-bond acceptors (Lipinski definition) is 1. The van der Waals surface area contributed by atoms with Gasteiger partial charge in [0.2, 0.25) is 0 Å². The molecule has 1 N–H and O–H groups in total. The molecule has 1 fully saturated rings. The van der Waals surface area contributed by atoms with Gasteiger partial charge in [-0.25, -0.2) is 0 Å². The Morgan fingerprint density at radius 2 is 2.06 bits per heavy atom. The standard InChI is InChI=1S/C14H16N2S/c1-10-7-12(10)9-16-13(8-15-14(16)17)11-5-3-2-4-6-11/h2-6,8,10,12H,7,9H2,1H3,(H,15,17). The fourth-order valence-electron chi connectivity index (χ4n) is 2.31. The van der Waals surface area contributed by atoms with Crippen LogP contribution in [0.3, 0.4) is 0 Å². The summed E-state index contributed by atoms with van der Waals surface area (Å²) >= 11 is 5.37. The fourth-order valence-corrected chi connectivity index (χ4v) is 2.54. The number of nitrogens with one attached hydrogen (secondary N) is 1. The molecule has 1 aliphatic carbocycles. The van der Waals surface area contributed by atoms with Gasteiger partial charge in [0.05, 0.1) is 5.69 Å². The van der Waals surface area contributed by atoms with Crippen molar-refractivity contribution in [2.45, 2.75) is 19.9 Å². The summed E-state index contributed by atoms with van der Waals surface area (Å²) in [6, 6.07) is 10.4. The molecule has 0 spiro atoms. The Hall–Kier alpha value is -1.35. The lowest BCUT2D eigenvalue weighted by Crippen LogP contribution is -2.02. The normalized spacial score (nSPS) is 22.6. The molecule has 1 saturated carbocycles. The van der Waals surface area contributed by atoms with E-state index in [2.05, 4.69) is 40.7 Å². The van der Waals surface area contributed by atoms with Crippen molar-refractivity contribution in [1.29, 1.82) is 0 Å². The first-order valence-electron chi connectivity index (χ1n) is 6.09. The number of benzene rings is 1. The van der Waals surface area contributed by atoms with Crippen molar-refractivity contribution < 1.29 is 0 Å². The molecule has 1 aliphatic rings. The molecule has 0 saturated heterocycles. The number of aromatic nitrogens is 2. The van der Waals surface area contributed by atoms with Crippen LogP contribution in [0.15, 0.2) is 36.5 Å². The highest BCUT2D eigenvalue weighted by molar-refractivity contribution is 7.71. The van der Waals surface area contributed by atoms with Crippen molar-refractivity contribution in [2.75, 3.05) is 0 Å². The Kier molecular flexibility index (Phi) is 2.63. The largest absolute Gasteiger partial charge is 0.337 e. The van der Waals surface area contributed by atoms with Gasteiger partial charge in [-0.3, -0.25) is 0 Å². The highest BCUT2D eigenvalue weighted by Crippen LogP contribution is 2.39. The van der Waals surface area contributed by atoms with Gasteiger partial charge in [0.15, 0.2) is 4.77 Å². The molecule has 2 unspecified atom stereocenters. The Morgan fingerprint density at radius 1 is 1.35 bits per heavy atom. The molecule has 3 heteroatoms. The minimum Gasteiger partial charge on any atom is -0.337 e. The maximum atomic E-state index is 5.37. The fraction of sp³-hybridized carbons (Fsp3) is 0.357. The molecule has 0 radical (unpaired) electrons. The molecule has 1 aromatic heterocycles. The van der Waals surface area contributed by atoms with Crippen molar-refractivity contribution in [3.63, 3.8) is 0 Å². The van der Waals surface area contributed by atoms with E-state index < -0.39 is 0 Å². The molecular formula is C14H16N2S. The third-order valence-corrected chi connectivity index (χ3v) is 3.97. The van der Waals surface area contributed by atoms with Crippen LogP contribution in [-0.4, -0.2) is 9.55 Å². The number of aromatic amines is 1. The van der Waals surface area contributed by atoms with Crippen molar-refractivity contribution >= 4 is 12.2 Å². The van der Waals surface area contributed by atoms with Crippen LogP contribution in [0.25, 0.3) is 11.3 Å². The minimum absolute atomic E-state index is 0.806. The smallest absolute Gasteiger partial charge is 0.177 e. The molecule has 2 nitrogen and oxygen atoms in total. The number of imidazole rings is 1. The maximum Gasteiger partial charge on any atom is 0.177 e. The minimum atomic E-state index is 0.806. The Bertz CT molecular complexity index is 567. The second kappa shape index (κ2) is 4.15. The molecule has 2 aromatic rings. The van der Waals surface area contributed by atoms with E-state index in [0.717, 1.165) is 23.2 Å². The molecule has 0 aliphatic heterocycles. The molecule has 0 bridgehead atoms. The first-order valence-corrected chi connectivity index (χ1v) is 6.50. The molecule has 17 heavy (non-hydrogen) atoms. The summed E-state index contributed by atoms with van der Waals surface area (Å²) in [7, 11) is 0. The van der Waals surface area contributed by atoms with E-state index >= 15 is 0 Å². The third-order valence-electron chi connectivity index (χ3n) is 3.63. The quantitative estimate of drug-likeness (QED) is 0.813. The summed E-state index contributed by atoms with van der Waals surface area (Å²) in [5.74, 6) is 1.66. The molecule has 88 valence electrons. The second-order valence-corrected chi connectivity index (χ2v) is 5.32. The number of nitrogens with zero attached hydrogens (tertiary/aromatic N) is 1. The number of H-pyrrole nitrogens is 1. The van der Waals surface area contributed by atoms with Gasteiger partial charge in [-0.1, -0.05) is 37.3 Å². The molecule has 2 atom stereocenters. The topological polar surface area (TPSA) is 20.7 Å². The van der Waals surface area contributed by atoms with E-state index in [1.807, 2.05) is 12.3 Å². The second-order valence-electron chi connectivity index (χ2n) is 4.93. The van der Waals surface area contributed by atoms with Gasteiger partial charge < -0.3 is 9.55 Å². The van der Waals surface area contributed by atoms with Gasteiger partial charge in [-0.05, 0) is 36.0 Å². The summed E-state index contributed by atoms with van der Waals surface area (Å²) in [6.45, 7) is 3.36. The Labute approximate surface area is 106 Å². The van der Waals surface area contributed by atoms with Gasteiger partial charge in [0.1, 0.15) is 0 Å². The molecule has 3 rings (SSSR count). The first kappa shape index (κ1) is 10.8. The van der Waals surface area contributed by atoms with Crippen LogP contribution < -0.4 is 0 Å². The van der Waals surface area contributed by atoms with Crippen LogP contribution in [0.4, 0.5) is 0 Å². The van der Waals surface area contributed by atoms with E-state index in [-0.39, 0.29) is 0 Å². The van der Waals surface area contributed by atoms with Crippen LogP contribution in [0, 0.1) is 16.6 Å². The van der Waals surface area contributed by atoms with Gasteiger partial charge in [-0.2, -0.15) is 0 Å². The molecule has 1 heterocycles. The van der Waals surface area contributed by atoms with Gasteiger partial charge >= 0.3 is 0 Å². The molecule has 1 aromatic carbocycles. The van der Waals surface area contributed by atoms with E-state index in [1.165, 1.54) is 17.7 Å². The van der Waals surface area contributed by atoms with Crippen LogP contribution in [0.2, 0.25) is 0 Å². The van der Waals surface area contributed by atoms with Crippen LogP contribution >= 0.6 is 12.2 Å². The van der Waals surface area contributed by atoms with Crippen LogP contribution in [0.5, 0.6) is 0 Å². The molecule has 0 amide bonds. The van der Waals surface area contributed by atoms with Crippen molar-refractivity contribution in [1.82, 2.24) is 9.55 Å². The maximum absolute atomic E-state index is 5.37. The Balaban J connectivity index is 1.97. The highest BCUT2D eigenvalue weighted by atomic mass is 32.1. The predicted molar refractivity (Wildman–Crippen MR) is 72.3 cm³/mol. The van der Waals surface area contributed by atoms with Crippen molar-refractivity contribution in [2.24, 2.45) is 11.8 Å².